The second-order valence-electron chi connectivity index (χ2n) is 28.2. The van der Waals surface area contributed by atoms with Crippen molar-refractivity contribution in [2.75, 3.05) is 21.3 Å². The highest BCUT2D eigenvalue weighted by Gasteiger charge is 2.42. The molecule has 0 saturated heterocycles. The van der Waals surface area contributed by atoms with Crippen molar-refractivity contribution in [1.82, 2.24) is 0 Å². The molecule has 0 heterocycles. The Bertz CT molecular complexity index is 6040. The van der Waals surface area contributed by atoms with Gasteiger partial charge in [0, 0.05) is 48.6 Å². The smallest absolute Gasteiger partial charge is 0.351 e. The Morgan fingerprint density at radius 1 is 0.266 bits per heavy atom. The van der Waals surface area contributed by atoms with Gasteiger partial charge in [-0.25, -0.2) is 67.1 Å². The van der Waals surface area contributed by atoms with Crippen LogP contribution in [0.2, 0.25) is 0 Å². The van der Waals surface area contributed by atoms with Crippen LogP contribution >= 0.6 is 0 Å². The van der Waals surface area contributed by atoms with Gasteiger partial charge in [-0.15, -0.1) is 0 Å². The number of methoxy groups -OCH3 is 3. The van der Waals surface area contributed by atoms with Gasteiger partial charge in [0.15, 0.2) is 69.0 Å². The van der Waals surface area contributed by atoms with Crippen molar-refractivity contribution < 1.29 is 206 Å². The molecule has 0 amide bonds. The molecule has 736 valence electrons. The number of phenolic OH excluding ortho intramolecular Hbond substituents is 12. The third-order valence-electron chi connectivity index (χ3n) is 17.9. The summed E-state index contributed by atoms with van der Waals surface area (Å²) in [7, 11) is 3.61. The fourth-order valence-corrected chi connectivity index (χ4v) is 10.8. The first-order valence-corrected chi connectivity index (χ1v) is 40.3. The maximum absolute atomic E-state index is 12.2. The Labute approximate surface area is 789 Å². The maximum Gasteiger partial charge on any atom is 0.351 e. The Balaban J connectivity index is 0.000000385. The van der Waals surface area contributed by atoms with Crippen LogP contribution in [0.4, 0.5) is 0 Å². The third kappa shape index (κ3) is 37.6. The van der Waals surface area contributed by atoms with Crippen LogP contribution in [-0.4, -0.2) is 241 Å². The normalized spacial score (nSPS) is 12.8. The van der Waals surface area contributed by atoms with E-state index in [2.05, 4.69) is 14.2 Å². The zero-order valence-corrected chi connectivity index (χ0v) is 75.4. The highest BCUT2D eigenvalue weighted by Crippen LogP contribution is 2.34. The van der Waals surface area contributed by atoms with Crippen molar-refractivity contribution in [3.05, 3.63) is 249 Å². The lowest BCUT2D eigenvalue weighted by Crippen LogP contribution is -2.46. The largest absolute Gasteiger partial charge is 0.508 e. The van der Waals surface area contributed by atoms with E-state index in [9.17, 15) is 154 Å². The molecular formula is C97H96O42. The SMILES string of the molecule is C/C(=C\C(=O)OC(C)C(OC(=O)/C=C/c1ccc(O)c(C)c1)C(=O)O)c1ccc(O)c(O)c1.CC.COC(=O)C(OC(=O)/C=C/c1ccc(OC)c(O)c1)C(OC(=O)/C=C/c1ccc(O)c(O)c1)C(=O)O.COc1ccc(/C=C/C(=O)OC(C(=O)O)C(OC(=O)/C=C/c2ccc(O)c(O)c2)C(=O)O)cc1O.Cc1ccc(/C=C/C(=O)OC(C)C(OC(=O)/C=C/c2cc(C)c(O)c(O)c2)C(=O)O)cc1O. The van der Waals surface area contributed by atoms with Crippen molar-refractivity contribution in [2.24, 2.45) is 0 Å². The number of allylic oxidation sites excluding steroid dienone is 1. The number of benzene rings is 8. The number of hydrogen-bond donors (Lipinski definition) is 17. The van der Waals surface area contributed by atoms with E-state index in [1.807, 2.05) is 13.8 Å². The standard InChI is InChI=1S/C24H22O12.2C24H24O9.C23H20O12.C2H6/c1-33-18-8-4-14(12-17(18)27)6-10-20(29)36-22(24(32)34-2)21(23(30)31)35-19(28)9-5-13-3-7-15(25)16(26)11-13;1-13(17-6-8-19(26)20(27)12-17)11-22(29)32-15(3)23(24(30)31)33-21(28)9-5-16-4-7-18(25)14(2)10-16;1-13-4-5-16(11-18(13)25)6-8-20(27)32-15(3)23(24(30)31)33-21(28)9-7-17-10-14(2)22(29)19(26)12-17;1-33-17-7-3-13(11-16(17)26)5-9-19(28)35-21(23(31)32)20(22(29)30)34-18(27)8-4-12-2-6-14(24)15(25)10-12;1-2/h3-12,21-22,25-27H,1-2H3,(H,30,31);4-12,15,23,25-27H,1-3H3,(H,30,31);4-12,15,23,25-26,29H,1-3H3,(H,30,31);2-11,20-21,24-26H,1H3,(H,29,30)(H,31,32);1-2H3/b9-5+,10-6+;9-5+,13-11+;8-6+,9-7+;8-4+,9-5+;. The second-order valence-corrected chi connectivity index (χ2v) is 28.2. The van der Waals surface area contributed by atoms with Gasteiger partial charge in [0.25, 0.3) is 0 Å². The molecule has 8 atom stereocenters. The molecule has 0 bridgehead atoms. The van der Waals surface area contributed by atoms with Crippen molar-refractivity contribution in [1.29, 1.82) is 0 Å². The van der Waals surface area contributed by atoms with E-state index in [-0.39, 0.29) is 74.4 Å². The Morgan fingerprint density at radius 3 is 0.863 bits per heavy atom. The van der Waals surface area contributed by atoms with Crippen molar-refractivity contribution in [3.8, 4) is 80.5 Å². The summed E-state index contributed by atoms with van der Waals surface area (Å²) in [5.41, 5.74) is 5.13. The Morgan fingerprint density at radius 2 is 0.540 bits per heavy atom. The van der Waals surface area contributed by atoms with E-state index in [1.54, 1.807) is 52.0 Å². The topological polar surface area (TPSA) is 684 Å². The lowest BCUT2D eigenvalue weighted by atomic mass is 10.1. The summed E-state index contributed by atoms with van der Waals surface area (Å²) < 4.78 is 53.2. The van der Waals surface area contributed by atoms with Crippen LogP contribution in [0, 0.1) is 20.8 Å². The summed E-state index contributed by atoms with van der Waals surface area (Å²) >= 11 is 0. The average Bonchev–Trinajstić information content (AvgIpc) is 0.850. The number of aliphatic carboxylic acids is 5. The summed E-state index contributed by atoms with van der Waals surface area (Å²) in [5, 5.41) is 161. The Hall–Kier alpha value is -18.5. The molecule has 0 fully saturated rings. The quantitative estimate of drug-likeness (QED) is 0.00751. The summed E-state index contributed by atoms with van der Waals surface area (Å²) in [6.45, 7) is 13.0. The molecule has 0 aliphatic rings. The lowest BCUT2D eigenvalue weighted by Gasteiger charge is -2.21. The summed E-state index contributed by atoms with van der Waals surface area (Å²) in [5.74, 6) is -21.5. The number of carboxylic acid groups (broad SMARTS) is 5. The number of hydrogen-bond acceptors (Lipinski definition) is 37. The predicted molar refractivity (Wildman–Crippen MR) is 488 cm³/mol. The van der Waals surface area contributed by atoms with Gasteiger partial charge in [0.1, 0.15) is 23.7 Å². The molecule has 8 unspecified atom stereocenters. The van der Waals surface area contributed by atoms with Crippen LogP contribution in [0.5, 0.6) is 80.5 Å². The minimum atomic E-state index is -2.39. The zero-order valence-electron chi connectivity index (χ0n) is 75.4. The van der Waals surface area contributed by atoms with Crippen LogP contribution in [-0.2, 0) is 110 Å². The number of carboxylic acids is 5. The highest BCUT2D eigenvalue weighted by atomic mass is 16.6. The maximum atomic E-state index is 12.2. The number of aromatic hydroxyl groups is 12. The monoisotopic (exact) mass is 1930 g/mol. The van der Waals surface area contributed by atoms with E-state index in [4.69, 9.17) is 37.9 Å². The molecule has 42 nitrogen and oxygen atoms in total. The lowest BCUT2D eigenvalue weighted by molar-refractivity contribution is -0.185. The molecule has 8 aromatic carbocycles. The number of carbonyl (C=O) groups excluding carboxylic acids is 9. The summed E-state index contributed by atoms with van der Waals surface area (Å²) in [6, 6.07) is 31.7. The van der Waals surface area contributed by atoms with Gasteiger partial charge < -0.3 is 139 Å². The molecule has 0 aliphatic heterocycles. The van der Waals surface area contributed by atoms with Gasteiger partial charge in [-0.1, -0.05) is 62.4 Å². The van der Waals surface area contributed by atoms with Gasteiger partial charge in [0.05, 0.1) is 21.3 Å². The highest BCUT2D eigenvalue weighted by molar-refractivity contribution is 5.97. The van der Waals surface area contributed by atoms with Crippen LogP contribution in [0.25, 0.3) is 48.1 Å². The number of ether oxygens (including phenoxy) is 11. The van der Waals surface area contributed by atoms with Crippen LogP contribution in [0.15, 0.2) is 188 Å². The molecule has 0 aromatic heterocycles. The van der Waals surface area contributed by atoms with E-state index in [0.29, 0.717) is 55.6 Å². The van der Waals surface area contributed by atoms with E-state index in [0.717, 1.165) is 98.2 Å². The van der Waals surface area contributed by atoms with Crippen molar-refractivity contribution in [2.45, 2.75) is 104 Å². The molecule has 8 rings (SSSR count). The van der Waals surface area contributed by atoms with Gasteiger partial charge in [-0.3, -0.25) is 0 Å². The first-order chi connectivity index (χ1) is 65.5. The molecule has 0 radical (unpaired) electrons. The zero-order chi connectivity index (χ0) is 104. The van der Waals surface area contributed by atoms with Crippen LogP contribution < -0.4 is 9.47 Å². The van der Waals surface area contributed by atoms with Crippen molar-refractivity contribution in [3.63, 3.8) is 0 Å². The van der Waals surface area contributed by atoms with E-state index in [1.165, 1.54) is 143 Å². The van der Waals surface area contributed by atoms with Crippen molar-refractivity contribution >= 4 is 132 Å². The molecule has 139 heavy (non-hydrogen) atoms. The van der Waals surface area contributed by atoms with E-state index < -0.39 is 150 Å². The Kier molecular flexibility index (Phi) is 44.7. The minimum absolute atomic E-state index is 0.0578. The third-order valence-corrected chi connectivity index (χ3v) is 17.9. The molecule has 8 aromatic rings. The first kappa shape index (κ1) is 113. The number of aryl methyl sites for hydroxylation is 3. The second kappa shape index (κ2) is 55.1. The van der Waals surface area contributed by atoms with Gasteiger partial charge in [0.2, 0.25) is 36.6 Å². The van der Waals surface area contributed by atoms with Gasteiger partial charge >= 0.3 is 83.6 Å². The molecule has 0 saturated carbocycles. The molecular weight excluding hydrogens is 1840 g/mol. The van der Waals surface area contributed by atoms with Gasteiger partial charge in [-0.05, 0) is 242 Å². The molecule has 0 spiro atoms. The number of carbonyl (C=O) groups is 14. The van der Waals surface area contributed by atoms with Crippen LogP contribution in [0.3, 0.4) is 0 Å². The summed E-state index contributed by atoms with van der Waals surface area (Å²) in [4.78, 5) is 167. The molecule has 17 N–H and O–H groups in total. The van der Waals surface area contributed by atoms with Gasteiger partial charge in [-0.2, -0.15) is 0 Å². The fourth-order valence-electron chi connectivity index (χ4n) is 10.8. The number of rotatable bonds is 36. The molecule has 0 aliphatic carbocycles. The summed E-state index contributed by atoms with van der Waals surface area (Å²) in [6.07, 6.45) is 0.665. The fraction of sp³-hybridized carbons (Fsp3) is 0.196. The van der Waals surface area contributed by atoms with Crippen LogP contribution in [0.1, 0.15) is 95.8 Å². The number of phenols is 12. The first-order valence-electron chi connectivity index (χ1n) is 40.3. The van der Waals surface area contributed by atoms with E-state index >= 15 is 0 Å². The average molecular weight is 1930 g/mol. The number of esters is 9. The molecule has 42 heteroatoms. The minimum Gasteiger partial charge on any atom is -0.508 e. The predicted octanol–water partition coefficient (Wildman–Crippen LogP) is 10.4.